The number of fused-ring (bicyclic) bond motifs is 9. The van der Waals surface area contributed by atoms with Crippen LogP contribution in [-0.4, -0.2) is 0 Å². The van der Waals surface area contributed by atoms with Gasteiger partial charge < -0.3 is 14.5 Å². The van der Waals surface area contributed by atoms with Crippen LogP contribution in [0.3, 0.4) is 0 Å². The highest BCUT2D eigenvalue weighted by Crippen LogP contribution is 2.64. The molecule has 7 aromatic rings. The van der Waals surface area contributed by atoms with Crippen LogP contribution in [0.15, 0.2) is 146 Å². The van der Waals surface area contributed by atoms with Gasteiger partial charge in [0.2, 0.25) is 0 Å². The Bertz CT molecular complexity index is 2490. The minimum atomic E-state index is -0.335. The van der Waals surface area contributed by atoms with E-state index in [9.17, 15) is 0 Å². The van der Waals surface area contributed by atoms with E-state index >= 15 is 0 Å². The van der Waals surface area contributed by atoms with Gasteiger partial charge in [-0.15, -0.1) is 0 Å². The fraction of sp³-hybridized carbons (Fsp3) is 0.130. The smallest absolute Gasteiger partial charge is 0.152 e. The molecule has 3 nitrogen and oxygen atoms in total. The van der Waals surface area contributed by atoms with E-state index in [4.69, 9.17) is 4.74 Å². The summed E-state index contributed by atoms with van der Waals surface area (Å²) in [5.74, 6) is 1.75. The van der Waals surface area contributed by atoms with Crippen molar-refractivity contribution in [2.75, 3.05) is 9.80 Å². The van der Waals surface area contributed by atoms with Gasteiger partial charge in [0.1, 0.15) is 0 Å². The van der Waals surface area contributed by atoms with Gasteiger partial charge in [-0.1, -0.05) is 125 Å². The lowest BCUT2D eigenvalue weighted by Gasteiger charge is -2.47. The molecule has 49 heavy (non-hydrogen) atoms. The summed E-state index contributed by atoms with van der Waals surface area (Å²) in [7, 11) is 0. The molecule has 0 atom stereocenters. The molecule has 10 rings (SSSR count). The first-order chi connectivity index (χ1) is 23.8. The standard InChI is InChI=1S/C46H36N2O/c1-45(2)35-19-11-10-18-33(35)34-24-23-31(28-37(34)45)47(30-15-6-5-7-16-30)39-25-27-41-44-42(39)46(3,4)36-20-12-13-21-38(36)48(44)43-32-17-9-8-14-29(32)22-26-40(43)49-41/h5-28H,1-4H3. The molecule has 0 aromatic heterocycles. The molecular weight excluding hydrogens is 597 g/mol. The maximum atomic E-state index is 6.85. The molecule has 1 aliphatic carbocycles. The third-order valence-corrected chi connectivity index (χ3v) is 11.2. The fourth-order valence-electron chi connectivity index (χ4n) is 8.86. The van der Waals surface area contributed by atoms with Crippen molar-refractivity contribution in [1.29, 1.82) is 0 Å². The summed E-state index contributed by atoms with van der Waals surface area (Å²) in [4.78, 5) is 4.93. The molecule has 0 radical (unpaired) electrons. The second kappa shape index (κ2) is 9.87. The van der Waals surface area contributed by atoms with Gasteiger partial charge in [0.05, 0.1) is 22.7 Å². The predicted octanol–water partition coefficient (Wildman–Crippen LogP) is 12.8. The van der Waals surface area contributed by atoms with Gasteiger partial charge in [-0.25, -0.2) is 0 Å². The van der Waals surface area contributed by atoms with Gasteiger partial charge in [-0.3, -0.25) is 0 Å². The number of nitrogens with zero attached hydrogens (tertiary/aromatic N) is 2. The second-order valence-electron chi connectivity index (χ2n) is 14.6. The number of anilines is 6. The van der Waals surface area contributed by atoms with E-state index in [0.717, 1.165) is 39.9 Å². The van der Waals surface area contributed by atoms with Crippen molar-refractivity contribution in [3.8, 4) is 22.6 Å². The number of benzene rings is 7. The molecular formula is C46H36N2O. The Hall–Kier alpha value is -5.80. The molecule has 0 unspecified atom stereocenters. The Morgan fingerprint density at radius 2 is 1.18 bits per heavy atom. The second-order valence-corrected chi connectivity index (χ2v) is 14.6. The van der Waals surface area contributed by atoms with E-state index in [0.29, 0.717) is 0 Å². The molecule has 0 amide bonds. The zero-order valence-corrected chi connectivity index (χ0v) is 28.2. The van der Waals surface area contributed by atoms with Crippen molar-refractivity contribution < 1.29 is 4.74 Å². The highest BCUT2D eigenvalue weighted by atomic mass is 16.5. The zero-order chi connectivity index (χ0) is 33.1. The molecule has 0 saturated carbocycles. The first kappa shape index (κ1) is 28.2. The summed E-state index contributed by atoms with van der Waals surface area (Å²) in [5, 5.41) is 2.37. The predicted molar refractivity (Wildman–Crippen MR) is 203 cm³/mol. The van der Waals surface area contributed by atoms with Crippen LogP contribution in [0.25, 0.3) is 21.9 Å². The Morgan fingerprint density at radius 1 is 0.510 bits per heavy atom. The lowest BCUT2D eigenvalue weighted by molar-refractivity contribution is 0.472. The molecule has 3 aliphatic rings. The monoisotopic (exact) mass is 632 g/mol. The topological polar surface area (TPSA) is 15.7 Å². The molecule has 3 heteroatoms. The minimum Gasteiger partial charge on any atom is -0.453 e. The summed E-state index contributed by atoms with van der Waals surface area (Å²) in [6.45, 7) is 9.45. The van der Waals surface area contributed by atoms with E-state index in [1.165, 1.54) is 49.8 Å². The Morgan fingerprint density at radius 3 is 2.04 bits per heavy atom. The van der Waals surface area contributed by atoms with Crippen molar-refractivity contribution in [1.82, 2.24) is 0 Å². The summed E-state index contributed by atoms with van der Waals surface area (Å²) >= 11 is 0. The number of hydrogen-bond donors (Lipinski definition) is 0. The zero-order valence-electron chi connectivity index (χ0n) is 28.2. The first-order valence-electron chi connectivity index (χ1n) is 17.2. The van der Waals surface area contributed by atoms with Gasteiger partial charge in [-0.2, -0.15) is 0 Å². The van der Waals surface area contributed by atoms with Crippen molar-refractivity contribution >= 4 is 44.9 Å². The molecule has 236 valence electrons. The minimum absolute atomic E-state index is 0.109. The van der Waals surface area contributed by atoms with Gasteiger partial charge in [0.15, 0.2) is 11.5 Å². The Balaban J connectivity index is 1.27. The van der Waals surface area contributed by atoms with Gasteiger partial charge in [-0.05, 0) is 81.7 Å². The number of ether oxygens (including phenoxy) is 1. The van der Waals surface area contributed by atoms with E-state index in [1.807, 2.05) is 0 Å². The molecule has 0 N–H and O–H groups in total. The molecule has 0 fully saturated rings. The van der Waals surface area contributed by atoms with Crippen molar-refractivity contribution in [3.63, 3.8) is 0 Å². The van der Waals surface area contributed by atoms with Gasteiger partial charge in [0.25, 0.3) is 0 Å². The third kappa shape index (κ3) is 3.79. The Labute approximate surface area is 287 Å². The van der Waals surface area contributed by atoms with Crippen LogP contribution in [0.1, 0.15) is 49.9 Å². The maximum Gasteiger partial charge on any atom is 0.152 e. The van der Waals surface area contributed by atoms with Crippen LogP contribution in [0.4, 0.5) is 34.1 Å². The average Bonchev–Trinajstić information content (AvgIpc) is 3.36. The van der Waals surface area contributed by atoms with E-state index in [-0.39, 0.29) is 10.8 Å². The van der Waals surface area contributed by atoms with Crippen LogP contribution in [0, 0.1) is 0 Å². The van der Waals surface area contributed by atoms with Crippen LogP contribution in [0.5, 0.6) is 11.5 Å². The lowest BCUT2D eigenvalue weighted by Crippen LogP contribution is -2.34. The SMILES string of the molecule is CC1(C)c2ccccc2-c2ccc(N(c3ccccc3)c3ccc4c5c3C(C)(C)c3ccccc3N5c3c(ccc5ccccc35)O4)cc21. The van der Waals surface area contributed by atoms with Gasteiger partial charge >= 0.3 is 0 Å². The quantitative estimate of drug-likeness (QED) is 0.193. The van der Waals surface area contributed by atoms with Crippen molar-refractivity contribution in [2.24, 2.45) is 0 Å². The van der Waals surface area contributed by atoms with E-state index in [1.54, 1.807) is 0 Å². The van der Waals surface area contributed by atoms with Crippen LogP contribution >= 0.6 is 0 Å². The lowest BCUT2D eigenvalue weighted by atomic mass is 9.72. The molecule has 2 heterocycles. The highest BCUT2D eigenvalue weighted by molar-refractivity contribution is 6.07. The van der Waals surface area contributed by atoms with E-state index < -0.39 is 0 Å². The van der Waals surface area contributed by atoms with Crippen molar-refractivity contribution in [3.05, 3.63) is 168 Å². The van der Waals surface area contributed by atoms with E-state index in [2.05, 4.69) is 183 Å². The fourth-order valence-corrected chi connectivity index (χ4v) is 8.86. The van der Waals surface area contributed by atoms with Crippen LogP contribution in [-0.2, 0) is 10.8 Å². The summed E-state index contributed by atoms with van der Waals surface area (Å²) in [6, 6.07) is 53.0. The molecule has 0 saturated heterocycles. The number of rotatable bonds is 3. The Kier molecular flexibility index (Phi) is 5.69. The van der Waals surface area contributed by atoms with Crippen LogP contribution in [0.2, 0.25) is 0 Å². The third-order valence-electron chi connectivity index (χ3n) is 11.2. The number of para-hydroxylation sites is 2. The normalized spacial score (nSPS) is 15.4. The molecule has 0 spiro atoms. The number of hydrogen-bond acceptors (Lipinski definition) is 3. The molecule has 2 aliphatic heterocycles. The summed E-state index contributed by atoms with van der Waals surface area (Å²) < 4.78 is 6.85. The van der Waals surface area contributed by atoms with Crippen molar-refractivity contribution in [2.45, 2.75) is 38.5 Å². The molecule has 0 bridgehead atoms. The molecule has 7 aromatic carbocycles. The largest absolute Gasteiger partial charge is 0.453 e. The average molecular weight is 633 g/mol. The first-order valence-corrected chi connectivity index (χ1v) is 17.2. The summed E-state index contributed by atoms with van der Waals surface area (Å²) in [6.07, 6.45) is 0. The summed E-state index contributed by atoms with van der Waals surface area (Å²) in [5.41, 5.74) is 14.3. The van der Waals surface area contributed by atoms with Gasteiger partial charge in [0, 0.05) is 33.2 Å². The maximum absolute atomic E-state index is 6.85. The highest BCUT2D eigenvalue weighted by Gasteiger charge is 2.45. The van der Waals surface area contributed by atoms with Crippen LogP contribution < -0.4 is 14.5 Å².